The van der Waals surface area contributed by atoms with Gasteiger partial charge < -0.3 is 4.90 Å². The molecule has 1 aliphatic rings. The Morgan fingerprint density at radius 2 is 1.88 bits per heavy atom. The molecule has 2 heterocycles. The fourth-order valence-corrected chi connectivity index (χ4v) is 3.36. The Hall–Kier alpha value is -2.27. The zero-order valence-corrected chi connectivity index (χ0v) is 15.3. The first-order valence-corrected chi connectivity index (χ1v) is 8.89. The normalized spacial score (nSPS) is 14.7. The van der Waals surface area contributed by atoms with Crippen LogP contribution in [0.3, 0.4) is 0 Å². The Bertz CT molecular complexity index is 753. The number of hydrogen-bond donors (Lipinski definition) is 0. The van der Waals surface area contributed by atoms with Crippen molar-refractivity contribution in [1.29, 1.82) is 0 Å². The van der Waals surface area contributed by atoms with Crippen molar-refractivity contribution < 1.29 is 4.79 Å². The summed E-state index contributed by atoms with van der Waals surface area (Å²) in [6, 6.07) is 8.59. The molecule has 132 valence electrons. The molecule has 3 rings (SSSR count). The van der Waals surface area contributed by atoms with Crippen LogP contribution in [0.25, 0.3) is 0 Å². The van der Waals surface area contributed by atoms with Gasteiger partial charge in [-0.1, -0.05) is 24.3 Å². The lowest BCUT2D eigenvalue weighted by Gasteiger charge is -2.22. The first-order valence-electron chi connectivity index (χ1n) is 8.89. The van der Waals surface area contributed by atoms with E-state index in [0.717, 1.165) is 18.8 Å². The van der Waals surface area contributed by atoms with Crippen molar-refractivity contribution in [2.24, 2.45) is 0 Å². The largest absolute Gasteiger partial charge is 0.340 e. The zero-order chi connectivity index (χ0) is 17.8. The molecule has 0 amide bonds. The van der Waals surface area contributed by atoms with Crippen LogP contribution in [-0.2, 0) is 13.1 Å². The number of carbonyl (C=O) groups is 1. The minimum atomic E-state index is 0.00246. The quantitative estimate of drug-likeness (QED) is 0.757. The monoisotopic (exact) mass is 338 g/mol. The fourth-order valence-electron chi connectivity index (χ4n) is 3.36. The fraction of sp³-hybridized carbons (Fsp3) is 0.450. The molecular weight excluding hydrogens is 312 g/mol. The number of ketones is 1. The summed E-state index contributed by atoms with van der Waals surface area (Å²) in [5, 5.41) is 0. The third-order valence-electron chi connectivity index (χ3n) is 4.81. The first kappa shape index (κ1) is 17.5. The van der Waals surface area contributed by atoms with Gasteiger partial charge in [0.05, 0.1) is 11.3 Å². The molecule has 0 atom stereocenters. The van der Waals surface area contributed by atoms with Crippen molar-refractivity contribution in [1.82, 2.24) is 14.9 Å². The highest BCUT2D eigenvalue weighted by atomic mass is 16.1. The van der Waals surface area contributed by atoms with Crippen molar-refractivity contribution in [3.8, 4) is 0 Å². The average Bonchev–Trinajstić information content (AvgIpc) is 3.09. The molecule has 0 unspecified atom stereocenters. The van der Waals surface area contributed by atoms with Crippen LogP contribution in [0.4, 0.5) is 5.95 Å². The number of Topliss-reactive ketones (excluding diaryl/α,β-unsaturated/α-hetero) is 1. The number of aryl methyl sites for hydroxylation is 1. The van der Waals surface area contributed by atoms with Gasteiger partial charge in [0, 0.05) is 26.3 Å². The summed E-state index contributed by atoms with van der Waals surface area (Å²) in [5.41, 5.74) is 3.99. The van der Waals surface area contributed by atoms with Crippen LogP contribution in [0.15, 0.2) is 30.5 Å². The van der Waals surface area contributed by atoms with Crippen LogP contribution >= 0.6 is 0 Å². The molecule has 0 N–H and O–H groups in total. The molecule has 5 nitrogen and oxygen atoms in total. The molecular formula is C20H26N4O. The highest BCUT2D eigenvalue weighted by Crippen LogP contribution is 2.19. The predicted octanol–water partition coefficient (Wildman–Crippen LogP) is 3.22. The van der Waals surface area contributed by atoms with Gasteiger partial charge in [0.1, 0.15) is 0 Å². The summed E-state index contributed by atoms with van der Waals surface area (Å²) in [6.07, 6.45) is 4.24. The van der Waals surface area contributed by atoms with Crippen LogP contribution in [0.1, 0.15) is 46.9 Å². The van der Waals surface area contributed by atoms with E-state index in [4.69, 9.17) is 0 Å². The molecule has 0 saturated carbocycles. The number of hydrogen-bond acceptors (Lipinski definition) is 5. The van der Waals surface area contributed by atoms with Gasteiger partial charge in [-0.25, -0.2) is 9.97 Å². The van der Waals surface area contributed by atoms with Crippen LogP contribution in [0.5, 0.6) is 0 Å². The minimum Gasteiger partial charge on any atom is -0.340 e. The molecule has 1 aliphatic heterocycles. The maximum atomic E-state index is 11.5. The molecule has 1 aromatic carbocycles. The van der Waals surface area contributed by atoms with E-state index in [2.05, 4.69) is 39.1 Å². The SMILES string of the molecule is CC(=O)c1cnc(N(C)Cc2ccccc2CN2CCCC2)nc1C. The van der Waals surface area contributed by atoms with E-state index < -0.39 is 0 Å². The van der Waals surface area contributed by atoms with Gasteiger partial charge in [-0.15, -0.1) is 0 Å². The van der Waals surface area contributed by atoms with Gasteiger partial charge in [-0.3, -0.25) is 9.69 Å². The maximum Gasteiger partial charge on any atom is 0.225 e. The van der Waals surface area contributed by atoms with Crippen molar-refractivity contribution in [2.75, 3.05) is 25.0 Å². The molecule has 0 bridgehead atoms. The highest BCUT2D eigenvalue weighted by Gasteiger charge is 2.15. The zero-order valence-electron chi connectivity index (χ0n) is 15.3. The Morgan fingerprint density at radius 3 is 2.52 bits per heavy atom. The molecule has 1 fully saturated rings. The second-order valence-electron chi connectivity index (χ2n) is 6.83. The van der Waals surface area contributed by atoms with Crippen LogP contribution in [0, 0.1) is 6.92 Å². The Labute approximate surface area is 149 Å². The molecule has 0 radical (unpaired) electrons. The summed E-state index contributed by atoms with van der Waals surface area (Å²) in [4.78, 5) is 25.0. The van der Waals surface area contributed by atoms with Gasteiger partial charge in [0.15, 0.2) is 5.78 Å². The highest BCUT2D eigenvalue weighted by molar-refractivity contribution is 5.94. The van der Waals surface area contributed by atoms with Gasteiger partial charge >= 0.3 is 0 Å². The number of likely N-dealkylation sites (tertiary alicyclic amines) is 1. The first-order chi connectivity index (χ1) is 12.0. The molecule has 5 heteroatoms. The van der Waals surface area contributed by atoms with Crippen molar-refractivity contribution in [3.63, 3.8) is 0 Å². The van der Waals surface area contributed by atoms with Crippen molar-refractivity contribution >= 4 is 11.7 Å². The topological polar surface area (TPSA) is 49.3 Å². The number of nitrogens with zero attached hydrogens (tertiary/aromatic N) is 4. The minimum absolute atomic E-state index is 0.00246. The molecule has 2 aromatic rings. The van der Waals surface area contributed by atoms with E-state index >= 15 is 0 Å². The van der Waals surface area contributed by atoms with Crippen LogP contribution in [0.2, 0.25) is 0 Å². The van der Waals surface area contributed by atoms with E-state index in [0.29, 0.717) is 11.5 Å². The van der Waals surface area contributed by atoms with Crippen LogP contribution in [-0.4, -0.2) is 40.8 Å². The summed E-state index contributed by atoms with van der Waals surface area (Å²) < 4.78 is 0. The number of anilines is 1. The van der Waals surface area contributed by atoms with Gasteiger partial charge in [-0.2, -0.15) is 0 Å². The number of carbonyl (C=O) groups excluding carboxylic acids is 1. The third kappa shape index (κ3) is 4.23. The Balaban J connectivity index is 1.75. The van der Waals surface area contributed by atoms with E-state index in [1.807, 2.05) is 18.9 Å². The van der Waals surface area contributed by atoms with Gasteiger partial charge in [0.2, 0.25) is 5.95 Å². The molecule has 1 saturated heterocycles. The standard InChI is InChI=1S/C20H26N4O/c1-15-19(16(2)25)12-21-20(22-15)23(3)13-17-8-4-5-9-18(17)14-24-10-6-7-11-24/h4-5,8-9,12H,6-7,10-11,13-14H2,1-3H3. The number of aromatic nitrogens is 2. The Morgan fingerprint density at radius 1 is 1.20 bits per heavy atom. The van der Waals surface area contributed by atoms with E-state index in [1.165, 1.54) is 37.1 Å². The third-order valence-corrected chi connectivity index (χ3v) is 4.81. The molecule has 25 heavy (non-hydrogen) atoms. The average molecular weight is 338 g/mol. The lowest BCUT2D eigenvalue weighted by molar-refractivity contribution is 0.101. The smallest absolute Gasteiger partial charge is 0.225 e. The van der Waals surface area contributed by atoms with E-state index in [9.17, 15) is 4.79 Å². The number of benzene rings is 1. The predicted molar refractivity (Wildman–Crippen MR) is 99.8 cm³/mol. The molecule has 0 spiro atoms. The second kappa shape index (κ2) is 7.74. The van der Waals surface area contributed by atoms with Crippen LogP contribution < -0.4 is 4.90 Å². The molecule has 1 aromatic heterocycles. The summed E-state index contributed by atoms with van der Waals surface area (Å²) in [5.74, 6) is 0.654. The van der Waals surface area contributed by atoms with Crippen molar-refractivity contribution in [2.45, 2.75) is 39.8 Å². The van der Waals surface area contributed by atoms with Gasteiger partial charge in [0.25, 0.3) is 0 Å². The maximum absolute atomic E-state index is 11.5. The second-order valence-corrected chi connectivity index (χ2v) is 6.83. The summed E-state index contributed by atoms with van der Waals surface area (Å²) in [7, 11) is 1.99. The van der Waals surface area contributed by atoms with Gasteiger partial charge in [-0.05, 0) is 50.9 Å². The van der Waals surface area contributed by atoms with E-state index in [-0.39, 0.29) is 5.78 Å². The van der Waals surface area contributed by atoms with Crippen molar-refractivity contribution in [3.05, 3.63) is 52.8 Å². The summed E-state index contributed by atoms with van der Waals surface area (Å²) in [6.45, 7) is 7.55. The molecule has 0 aliphatic carbocycles. The lowest BCUT2D eigenvalue weighted by atomic mass is 10.1. The lowest BCUT2D eigenvalue weighted by Crippen LogP contribution is -2.23. The number of rotatable bonds is 6. The Kier molecular flexibility index (Phi) is 5.43. The summed E-state index contributed by atoms with van der Waals surface area (Å²) >= 11 is 0. The van der Waals surface area contributed by atoms with E-state index in [1.54, 1.807) is 13.1 Å².